The number of hydrogen-bond acceptors (Lipinski definition) is 3. The van der Waals surface area contributed by atoms with Gasteiger partial charge < -0.3 is 16.0 Å². The van der Waals surface area contributed by atoms with Crippen LogP contribution in [0.4, 0.5) is 4.79 Å². The maximum atomic E-state index is 13.0. The van der Waals surface area contributed by atoms with Crippen molar-refractivity contribution < 1.29 is 9.59 Å². The topological polar surface area (TPSA) is 83.1 Å². The van der Waals surface area contributed by atoms with Gasteiger partial charge in [-0.05, 0) is 43.4 Å². The van der Waals surface area contributed by atoms with Crippen LogP contribution in [-0.4, -0.2) is 28.5 Å². The number of carbonyl (C=O) groups is 2. The highest BCUT2D eigenvalue weighted by Gasteiger charge is 2.41. The molecule has 2 fully saturated rings. The molecule has 142 valence electrons. The van der Waals surface area contributed by atoms with E-state index in [1.54, 1.807) is 12.4 Å². The SMILES string of the molecule is O=C(NC1CCCCC1)NC1(C(=O)NCc2ccncc2)CCCCC1. The van der Waals surface area contributed by atoms with Crippen LogP contribution in [0.5, 0.6) is 0 Å². The van der Waals surface area contributed by atoms with E-state index < -0.39 is 5.54 Å². The summed E-state index contributed by atoms with van der Waals surface area (Å²) in [5.41, 5.74) is 0.218. The van der Waals surface area contributed by atoms with Gasteiger partial charge in [0.15, 0.2) is 0 Å². The van der Waals surface area contributed by atoms with Crippen molar-refractivity contribution in [3.63, 3.8) is 0 Å². The predicted octanol–water partition coefficient (Wildman–Crippen LogP) is 3.03. The van der Waals surface area contributed by atoms with E-state index in [0.29, 0.717) is 19.4 Å². The number of rotatable bonds is 5. The Morgan fingerprint density at radius 3 is 2.35 bits per heavy atom. The fraction of sp³-hybridized carbons (Fsp3) is 0.650. The van der Waals surface area contributed by atoms with E-state index in [9.17, 15) is 9.59 Å². The van der Waals surface area contributed by atoms with E-state index in [1.807, 2.05) is 12.1 Å². The molecular weight excluding hydrogens is 328 g/mol. The highest BCUT2D eigenvalue weighted by atomic mass is 16.2. The summed E-state index contributed by atoms with van der Waals surface area (Å²) in [5.74, 6) is -0.0761. The fourth-order valence-electron chi connectivity index (χ4n) is 4.10. The third-order valence-electron chi connectivity index (χ3n) is 5.64. The smallest absolute Gasteiger partial charge is 0.315 e. The lowest BCUT2D eigenvalue weighted by Crippen LogP contribution is -2.62. The number of carbonyl (C=O) groups excluding carboxylic acids is 2. The van der Waals surface area contributed by atoms with Gasteiger partial charge in [0.1, 0.15) is 5.54 Å². The van der Waals surface area contributed by atoms with E-state index >= 15 is 0 Å². The molecule has 3 N–H and O–H groups in total. The molecule has 0 unspecified atom stereocenters. The number of aromatic nitrogens is 1. The van der Waals surface area contributed by atoms with Gasteiger partial charge in [0.05, 0.1) is 0 Å². The van der Waals surface area contributed by atoms with Crippen molar-refractivity contribution in [1.29, 1.82) is 0 Å². The molecule has 2 saturated carbocycles. The third-order valence-corrected chi connectivity index (χ3v) is 5.64. The highest BCUT2D eigenvalue weighted by molar-refractivity contribution is 5.91. The molecule has 0 spiro atoms. The molecule has 6 nitrogen and oxygen atoms in total. The van der Waals surface area contributed by atoms with Crippen molar-refractivity contribution in [2.24, 2.45) is 0 Å². The zero-order valence-electron chi connectivity index (χ0n) is 15.4. The Morgan fingerprint density at radius 2 is 1.65 bits per heavy atom. The molecule has 3 rings (SSSR count). The second-order valence-corrected chi connectivity index (χ2v) is 7.61. The van der Waals surface area contributed by atoms with Crippen LogP contribution in [0, 0.1) is 0 Å². The minimum absolute atomic E-state index is 0.0761. The average molecular weight is 358 g/mol. The van der Waals surface area contributed by atoms with Gasteiger partial charge in [0.25, 0.3) is 0 Å². The Hall–Kier alpha value is -2.11. The lowest BCUT2D eigenvalue weighted by atomic mass is 9.81. The van der Waals surface area contributed by atoms with E-state index in [0.717, 1.165) is 37.7 Å². The summed E-state index contributed by atoms with van der Waals surface area (Å²) in [6, 6.07) is 3.82. The predicted molar refractivity (Wildman–Crippen MR) is 100 cm³/mol. The van der Waals surface area contributed by atoms with Crippen LogP contribution in [0.15, 0.2) is 24.5 Å². The summed E-state index contributed by atoms with van der Waals surface area (Å²) in [6.07, 6.45) is 13.5. The van der Waals surface area contributed by atoms with Gasteiger partial charge in [0, 0.05) is 25.0 Å². The zero-order valence-corrected chi connectivity index (χ0v) is 15.4. The number of nitrogens with one attached hydrogen (secondary N) is 3. The Bertz CT molecular complexity index is 593. The van der Waals surface area contributed by atoms with Crippen molar-refractivity contribution in [2.45, 2.75) is 82.3 Å². The second-order valence-electron chi connectivity index (χ2n) is 7.61. The Kier molecular flexibility index (Phi) is 6.47. The normalized spacial score (nSPS) is 20.2. The number of hydrogen-bond donors (Lipinski definition) is 3. The molecule has 1 aromatic heterocycles. The summed E-state index contributed by atoms with van der Waals surface area (Å²) in [4.78, 5) is 29.5. The molecule has 3 amide bonds. The first kappa shape index (κ1) is 18.7. The third kappa shape index (κ3) is 4.96. The number of amides is 3. The number of pyridine rings is 1. The van der Waals surface area contributed by atoms with Crippen molar-refractivity contribution in [1.82, 2.24) is 20.9 Å². The molecule has 26 heavy (non-hydrogen) atoms. The molecule has 0 aliphatic heterocycles. The van der Waals surface area contributed by atoms with Crippen molar-refractivity contribution in [3.8, 4) is 0 Å². The van der Waals surface area contributed by atoms with Crippen molar-refractivity contribution >= 4 is 11.9 Å². The first-order valence-electron chi connectivity index (χ1n) is 9.94. The van der Waals surface area contributed by atoms with Gasteiger partial charge in [0.2, 0.25) is 5.91 Å². The summed E-state index contributed by atoms with van der Waals surface area (Å²) in [5, 5.41) is 9.13. The molecule has 0 aromatic carbocycles. The quantitative estimate of drug-likeness (QED) is 0.756. The molecule has 6 heteroatoms. The summed E-state index contributed by atoms with van der Waals surface area (Å²) >= 11 is 0. The fourth-order valence-corrected chi connectivity index (χ4v) is 4.10. The van der Waals surface area contributed by atoms with Crippen LogP contribution in [0.25, 0.3) is 0 Å². The van der Waals surface area contributed by atoms with Gasteiger partial charge in [-0.25, -0.2) is 4.79 Å². The molecule has 1 heterocycles. The molecule has 0 radical (unpaired) electrons. The maximum Gasteiger partial charge on any atom is 0.315 e. The Labute approximate surface area is 155 Å². The summed E-state index contributed by atoms with van der Waals surface area (Å²) < 4.78 is 0. The monoisotopic (exact) mass is 358 g/mol. The van der Waals surface area contributed by atoms with Gasteiger partial charge in [-0.15, -0.1) is 0 Å². The van der Waals surface area contributed by atoms with Crippen LogP contribution in [0.1, 0.15) is 69.8 Å². The molecule has 0 bridgehead atoms. The minimum Gasteiger partial charge on any atom is -0.350 e. The molecule has 2 aliphatic rings. The summed E-state index contributed by atoms with van der Waals surface area (Å²) in [6.45, 7) is 0.453. The van der Waals surface area contributed by atoms with Crippen LogP contribution in [-0.2, 0) is 11.3 Å². The average Bonchev–Trinajstić information content (AvgIpc) is 2.68. The molecule has 2 aliphatic carbocycles. The van der Waals surface area contributed by atoms with E-state index in [2.05, 4.69) is 20.9 Å². The Balaban J connectivity index is 1.59. The van der Waals surface area contributed by atoms with Crippen LogP contribution < -0.4 is 16.0 Å². The van der Waals surface area contributed by atoms with E-state index in [4.69, 9.17) is 0 Å². The second kappa shape index (κ2) is 9.01. The van der Waals surface area contributed by atoms with E-state index in [1.165, 1.54) is 19.3 Å². The Morgan fingerprint density at radius 1 is 1.00 bits per heavy atom. The van der Waals surface area contributed by atoms with Gasteiger partial charge in [-0.2, -0.15) is 0 Å². The number of nitrogens with zero attached hydrogens (tertiary/aromatic N) is 1. The van der Waals surface area contributed by atoms with Crippen molar-refractivity contribution in [2.75, 3.05) is 0 Å². The summed E-state index contributed by atoms with van der Waals surface area (Å²) in [7, 11) is 0. The first-order valence-corrected chi connectivity index (χ1v) is 9.94. The van der Waals surface area contributed by atoms with Crippen LogP contribution >= 0.6 is 0 Å². The molecule has 0 saturated heterocycles. The zero-order chi connectivity index (χ0) is 18.2. The molecule has 1 aromatic rings. The van der Waals surface area contributed by atoms with Gasteiger partial charge in [-0.3, -0.25) is 9.78 Å². The highest BCUT2D eigenvalue weighted by Crippen LogP contribution is 2.29. The van der Waals surface area contributed by atoms with E-state index in [-0.39, 0.29) is 18.0 Å². The minimum atomic E-state index is -0.788. The van der Waals surface area contributed by atoms with Crippen LogP contribution in [0.2, 0.25) is 0 Å². The maximum absolute atomic E-state index is 13.0. The standard InChI is InChI=1S/C20H30N4O2/c25-18(22-15-16-9-13-21-14-10-16)20(11-5-2-6-12-20)24-19(26)23-17-7-3-1-4-8-17/h9-10,13-14,17H,1-8,11-12,15H2,(H,22,25)(H2,23,24,26). The largest absolute Gasteiger partial charge is 0.350 e. The van der Waals surface area contributed by atoms with Crippen molar-refractivity contribution in [3.05, 3.63) is 30.1 Å². The first-order chi connectivity index (χ1) is 12.7. The number of urea groups is 1. The van der Waals surface area contributed by atoms with Gasteiger partial charge in [-0.1, -0.05) is 38.5 Å². The van der Waals surface area contributed by atoms with Crippen LogP contribution in [0.3, 0.4) is 0 Å². The van der Waals surface area contributed by atoms with Gasteiger partial charge >= 0.3 is 6.03 Å². The lowest BCUT2D eigenvalue weighted by Gasteiger charge is -2.37. The lowest BCUT2D eigenvalue weighted by molar-refractivity contribution is -0.128. The molecule has 0 atom stereocenters. The molecular formula is C20H30N4O2.